The topological polar surface area (TPSA) is 43.8 Å². The van der Waals surface area contributed by atoms with Crippen LogP contribution in [0.2, 0.25) is 0 Å². The Morgan fingerprint density at radius 2 is 1.81 bits per heavy atom. The Kier molecular flexibility index (Phi) is 8.27. The molecule has 1 saturated heterocycles. The van der Waals surface area contributed by atoms with Crippen LogP contribution < -0.4 is 0 Å². The van der Waals surface area contributed by atoms with Crippen LogP contribution in [0.15, 0.2) is 0 Å². The van der Waals surface area contributed by atoms with Gasteiger partial charge in [-0.25, -0.2) is 0 Å². The molecule has 0 bridgehead atoms. The first-order valence-corrected chi connectivity index (χ1v) is 8.56. The number of carbonyl (C=O) groups is 1. The van der Waals surface area contributed by atoms with E-state index in [9.17, 15) is 9.90 Å². The van der Waals surface area contributed by atoms with E-state index in [0.29, 0.717) is 24.4 Å². The highest BCUT2D eigenvalue weighted by Gasteiger charge is 2.26. The Hall–Kier alpha value is -0.610. The van der Waals surface area contributed by atoms with Gasteiger partial charge in [0.25, 0.3) is 0 Å². The maximum absolute atomic E-state index is 12.7. The molecule has 1 rings (SSSR count). The van der Waals surface area contributed by atoms with Gasteiger partial charge in [-0.2, -0.15) is 0 Å². The maximum atomic E-state index is 12.7. The molecule has 0 aromatic carbocycles. The Bertz CT molecular complexity index is 293. The number of hydrogen-bond donors (Lipinski definition) is 1. The van der Waals surface area contributed by atoms with Crippen LogP contribution in [0, 0.1) is 11.8 Å². The number of amides is 1. The lowest BCUT2D eigenvalue weighted by atomic mass is 9.99. The number of hydrogen-bond acceptors (Lipinski definition) is 3. The van der Waals surface area contributed by atoms with Crippen LogP contribution in [0.3, 0.4) is 0 Å². The van der Waals surface area contributed by atoms with Crippen molar-refractivity contribution in [3.8, 4) is 0 Å². The summed E-state index contributed by atoms with van der Waals surface area (Å²) in [5, 5.41) is 9.20. The number of likely N-dealkylation sites (tertiary alicyclic amines) is 1. The van der Waals surface area contributed by atoms with E-state index in [4.69, 9.17) is 0 Å². The molecule has 0 aromatic heterocycles. The van der Waals surface area contributed by atoms with E-state index in [1.165, 1.54) is 12.8 Å². The van der Waals surface area contributed by atoms with E-state index in [-0.39, 0.29) is 12.5 Å². The summed E-state index contributed by atoms with van der Waals surface area (Å²) in [6, 6.07) is 0.382. The predicted octanol–water partition coefficient (Wildman–Crippen LogP) is 2.36. The molecule has 1 heterocycles. The highest BCUT2D eigenvalue weighted by atomic mass is 16.3. The van der Waals surface area contributed by atoms with Gasteiger partial charge in [0.2, 0.25) is 5.91 Å². The molecule has 1 aliphatic heterocycles. The minimum atomic E-state index is 0.219. The van der Waals surface area contributed by atoms with Crippen LogP contribution >= 0.6 is 0 Å². The zero-order chi connectivity index (χ0) is 15.8. The third-order valence-corrected chi connectivity index (χ3v) is 4.07. The highest BCUT2D eigenvalue weighted by molar-refractivity contribution is 5.78. The Balaban J connectivity index is 2.60. The SMILES string of the molecule is CC(C)CN(CC(C)C)C(=O)CN1CCCCC1CCO. The van der Waals surface area contributed by atoms with Crippen molar-refractivity contribution in [2.75, 3.05) is 32.8 Å². The first-order chi connectivity index (χ1) is 9.93. The molecule has 1 atom stereocenters. The van der Waals surface area contributed by atoms with E-state index >= 15 is 0 Å². The van der Waals surface area contributed by atoms with Crippen LogP contribution in [0.5, 0.6) is 0 Å². The molecule has 4 nitrogen and oxygen atoms in total. The van der Waals surface area contributed by atoms with Gasteiger partial charge in [-0.1, -0.05) is 34.1 Å². The van der Waals surface area contributed by atoms with Crippen molar-refractivity contribution < 1.29 is 9.90 Å². The lowest BCUT2D eigenvalue weighted by Crippen LogP contribution is -2.48. The second-order valence-electron chi connectivity index (χ2n) is 7.22. The first-order valence-electron chi connectivity index (χ1n) is 8.56. The van der Waals surface area contributed by atoms with Gasteiger partial charge < -0.3 is 10.0 Å². The van der Waals surface area contributed by atoms with Crippen molar-refractivity contribution in [1.82, 2.24) is 9.80 Å². The summed E-state index contributed by atoms with van der Waals surface area (Å²) in [6.45, 7) is 12.1. The van der Waals surface area contributed by atoms with Gasteiger partial charge in [0.05, 0.1) is 6.54 Å². The molecule has 4 heteroatoms. The summed E-state index contributed by atoms with van der Waals surface area (Å²) in [4.78, 5) is 17.0. The molecule has 1 amide bonds. The standard InChI is InChI=1S/C17H34N2O2/c1-14(2)11-19(12-15(3)4)17(21)13-18-9-6-5-7-16(18)8-10-20/h14-16,20H,5-13H2,1-4H3. The summed E-state index contributed by atoms with van der Waals surface area (Å²) in [7, 11) is 0. The van der Waals surface area contributed by atoms with Crippen LogP contribution in [-0.2, 0) is 4.79 Å². The minimum Gasteiger partial charge on any atom is -0.396 e. The van der Waals surface area contributed by atoms with Crippen LogP contribution in [0.4, 0.5) is 0 Å². The van der Waals surface area contributed by atoms with Gasteiger partial charge in [-0.3, -0.25) is 9.69 Å². The van der Waals surface area contributed by atoms with E-state index in [0.717, 1.165) is 32.5 Å². The van der Waals surface area contributed by atoms with Crippen molar-refractivity contribution in [3.05, 3.63) is 0 Å². The Morgan fingerprint density at radius 1 is 1.19 bits per heavy atom. The summed E-state index contributed by atoms with van der Waals surface area (Å²) in [6.07, 6.45) is 4.30. The Morgan fingerprint density at radius 3 is 2.33 bits per heavy atom. The molecular formula is C17H34N2O2. The van der Waals surface area contributed by atoms with Crippen molar-refractivity contribution in [2.24, 2.45) is 11.8 Å². The fourth-order valence-corrected chi connectivity index (χ4v) is 3.18. The predicted molar refractivity (Wildman–Crippen MR) is 87.2 cm³/mol. The first kappa shape index (κ1) is 18.4. The van der Waals surface area contributed by atoms with Gasteiger partial charge in [0.15, 0.2) is 0 Å². The van der Waals surface area contributed by atoms with Crippen molar-refractivity contribution in [2.45, 2.75) is 59.4 Å². The molecule has 0 aliphatic carbocycles. The van der Waals surface area contributed by atoms with Crippen LogP contribution in [-0.4, -0.2) is 59.6 Å². The molecule has 0 aromatic rings. The van der Waals surface area contributed by atoms with Gasteiger partial charge in [0, 0.05) is 25.7 Å². The number of aliphatic hydroxyl groups excluding tert-OH is 1. The zero-order valence-corrected chi connectivity index (χ0v) is 14.3. The van der Waals surface area contributed by atoms with Gasteiger partial charge >= 0.3 is 0 Å². The van der Waals surface area contributed by atoms with E-state index in [1.807, 2.05) is 4.90 Å². The number of rotatable bonds is 8. The molecule has 1 N–H and O–H groups in total. The molecule has 0 radical (unpaired) electrons. The Labute approximate surface area is 130 Å². The normalized spacial score (nSPS) is 20.2. The maximum Gasteiger partial charge on any atom is 0.236 e. The molecule has 21 heavy (non-hydrogen) atoms. The third kappa shape index (κ3) is 6.79. The lowest BCUT2D eigenvalue weighted by molar-refractivity contribution is -0.134. The molecular weight excluding hydrogens is 264 g/mol. The summed E-state index contributed by atoms with van der Waals surface area (Å²) in [5.74, 6) is 1.26. The van der Waals surface area contributed by atoms with E-state index in [1.54, 1.807) is 0 Å². The molecule has 0 spiro atoms. The van der Waals surface area contributed by atoms with Crippen molar-refractivity contribution >= 4 is 5.91 Å². The molecule has 1 fully saturated rings. The number of carbonyl (C=O) groups excluding carboxylic acids is 1. The van der Waals surface area contributed by atoms with Gasteiger partial charge in [-0.15, -0.1) is 0 Å². The third-order valence-electron chi connectivity index (χ3n) is 4.07. The summed E-state index contributed by atoms with van der Waals surface area (Å²) < 4.78 is 0. The quantitative estimate of drug-likeness (QED) is 0.748. The summed E-state index contributed by atoms with van der Waals surface area (Å²) >= 11 is 0. The largest absolute Gasteiger partial charge is 0.396 e. The van der Waals surface area contributed by atoms with Gasteiger partial charge in [-0.05, 0) is 37.6 Å². The van der Waals surface area contributed by atoms with E-state index in [2.05, 4.69) is 32.6 Å². The monoisotopic (exact) mass is 298 g/mol. The van der Waals surface area contributed by atoms with Crippen molar-refractivity contribution in [1.29, 1.82) is 0 Å². The minimum absolute atomic E-state index is 0.219. The fourth-order valence-electron chi connectivity index (χ4n) is 3.18. The van der Waals surface area contributed by atoms with Gasteiger partial charge in [0.1, 0.15) is 0 Å². The lowest BCUT2D eigenvalue weighted by Gasteiger charge is -2.37. The van der Waals surface area contributed by atoms with Crippen LogP contribution in [0.1, 0.15) is 53.4 Å². The molecule has 1 unspecified atom stereocenters. The highest BCUT2D eigenvalue weighted by Crippen LogP contribution is 2.19. The molecule has 124 valence electrons. The smallest absolute Gasteiger partial charge is 0.236 e. The van der Waals surface area contributed by atoms with Crippen LogP contribution in [0.25, 0.3) is 0 Å². The number of piperidine rings is 1. The van der Waals surface area contributed by atoms with Crippen molar-refractivity contribution in [3.63, 3.8) is 0 Å². The molecule has 1 aliphatic rings. The number of aliphatic hydroxyl groups is 1. The zero-order valence-electron chi connectivity index (χ0n) is 14.3. The fraction of sp³-hybridized carbons (Fsp3) is 0.941. The number of nitrogens with zero attached hydrogens (tertiary/aromatic N) is 2. The average molecular weight is 298 g/mol. The molecule has 0 saturated carbocycles. The average Bonchev–Trinajstić information content (AvgIpc) is 2.39. The second-order valence-corrected chi connectivity index (χ2v) is 7.22. The summed E-state index contributed by atoms with van der Waals surface area (Å²) in [5.41, 5.74) is 0. The second kappa shape index (κ2) is 9.42. The van der Waals surface area contributed by atoms with E-state index < -0.39 is 0 Å².